The van der Waals surface area contributed by atoms with Crippen molar-refractivity contribution in [3.8, 4) is 0 Å². The lowest BCUT2D eigenvalue weighted by Gasteiger charge is -2.08. The predicted molar refractivity (Wildman–Crippen MR) is 79.3 cm³/mol. The van der Waals surface area contributed by atoms with Crippen molar-refractivity contribution in [1.82, 2.24) is 0 Å². The van der Waals surface area contributed by atoms with E-state index in [4.69, 9.17) is 5.11 Å². The number of hydrogen-bond donors (Lipinski definition) is 1. The van der Waals surface area contributed by atoms with Crippen LogP contribution in [0.2, 0.25) is 0 Å². The standard InChI is InChI=1S/C7H16O.C7H14.C2H6/c1-4-7(8)5-6(2)3;1-6-3-4-7(2)5-6;1-2/h6-8H,4-5H2,1-3H3;6-7H,3-5H2,1-2H3;1-2H3. The van der Waals surface area contributed by atoms with Gasteiger partial charge in [-0.15, -0.1) is 0 Å². The molecule has 1 aliphatic carbocycles. The van der Waals surface area contributed by atoms with Crippen molar-refractivity contribution in [2.24, 2.45) is 17.8 Å². The fraction of sp³-hybridized carbons (Fsp3) is 1.00. The van der Waals surface area contributed by atoms with Crippen molar-refractivity contribution in [2.45, 2.75) is 86.7 Å². The number of aliphatic hydroxyl groups excluding tert-OH is 1. The third-order valence-electron chi connectivity index (χ3n) is 3.17. The van der Waals surface area contributed by atoms with Gasteiger partial charge in [0.2, 0.25) is 0 Å². The first-order valence-corrected chi connectivity index (χ1v) is 7.63. The molecule has 0 aromatic carbocycles. The van der Waals surface area contributed by atoms with Gasteiger partial charge in [-0.05, 0) is 37.0 Å². The Bertz CT molecular complexity index is 134. The maximum absolute atomic E-state index is 9.03. The van der Waals surface area contributed by atoms with E-state index >= 15 is 0 Å². The minimum atomic E-state index is -0.0741. The summed E-state index contributed by atoms with van der Waals surface area (Å²) in [6.07, 6.45) is 6.17. The Morgan fingerprint density at radius 1 is 1.06 bits per heavy atom. The summed E-state index contributed by atoms with van der Waals surface area (Å²) in [7, 11) is 0. The molecule has 3 unspecified atom stereocenters. The number of aliphatic hydroxyl groups is 1. The molecule has 1 heteroatoms. The van der Waals surface area contributed by atoms with Crippen molar-refractivity contribution >= 4 is 0 Å². The third kappa shape index (κ3) is 13.9. The molecule has 0 heterocycles. The molecule has 3 atom stereocenters. The van der Waals surface area contributed by atoms with E-state index in [0.29, 0.717) is 5.92 Å². The van der Waals surface area contributed by atoms with Crippen LogP contribution in [-0.4, -0.2) is 11.2 Å². The first kappa shape index (κ1) is 19.3. The van der Waals surface area contributed by atoms with Crippen LogP contribution in [0.25, 0.3) is 0 Å². The highest BCUT2D eigenvalue weighted by molar-refractivity contribution is 4.68. The van der Waals surface area contributed by atoms with Crippen LogP contribution in [0, 0.1) is 17.8 Å². The van der Waals surface area contributed by atoms with Crippen molar-refractivity contribution < 1.29 is 5.11 Å². The average molecular weight is 244 g/mol. The normalized spacial score (nSPS) is 24.5. The number of rotatable bonds is 3. The minimum absolute atomic E-state index is 0.0741. The molecule has 0 aromatic heterocycles. The maximum atomic E-state index is 9.03. The Labute approximate surface area is 110 Å². The van der Waals surface area contributed by atoms with Crippen LogP contribution in [-0.2, 0) is 0 Å². The topological polar surface area (TPSA) is 20.2 Å². The van der Waals surface area contributed by atoms with Gasteiger partial charge in [0, 0.05) is 0 Å². The van der Waals surface area contributed by atoms with Gasteiger partial charge in [0.25, 0.3) is 0 Å². The third-order valence-corrected chi connectivity index (χ3v) is 3.17. The van der Waals surface area contributed by atoms with E-state index in [1.165, 1.54) is 19.3 Å². The van der Waals surface area contributed by atoms with Gasteiger partial charge in [-0.2, -0.15) is 0 Å². The summed E-state index contributed by atoms with van der Waals surface area (Å²) < 4.78 is 0. The summed E-state index contributed by atoms with van der Waals surface area (Å²) in [5.74, 6) is 2.68. The first-order valence-electron chi connectivity index (χ1n) is 7.63. The summed E-state index contributed by atoms with van der Waals surface area (Å²) in [5, 5.41) is 9.03. The van der Waals surface area contributed by atoms with Crippen molar-refractivity contribution in [3.63, 3.8) is 0 Å². The summed E-state index contributed by atoms with van der Waals surface area (Å²) in [5.41, 5.74) is 0. The van der Waals surface area contributed by atoms with Crippen LogP contribution < -0.4 is 0 Å². The average Bonchev–Trinajstić information content (AvgIpc) is 2.65. The molecule has 0 aliphatic heterocycles. The Morgan fingerprint density at radius 2 is 1.47 bits per heavy atom. The highest BCUT2D eigenvalue weighted by Gasteiger charge is 2.15. The van der Waals surface area contributed by atoms with E-state index in [1.807, 2.05) is 20.8 Å². The predicted octanol–water partition coefficient (Wildman–Crippen LogP) is 5.27. The van der Waals surface area contributed by atoms with Crippen LogP contribution in [0.3, 0.4) is 0 Å². The van der Waals surface area contributed by atoms with E-state index in [-0.39, 0.29) is 6.10 Å². The second-order valence-electron chi connectivity index (χ2n) is 5.72. The van der Waals surface area contributed by atoms with Crippen molar-refractivity contribution in [2.75, 3.05) is 0 Å². The van der Waals surface area contributed by atoms with Gasteiger partial charge in [0.15, 0.2) is 0 Å². The van der Waals surface area contributed by atoms with Crippen molar-refractivity contribution in [3.05, 3.63) is 0 Å². The van der Waals surface area contributed by atoms with Crippen LogP contribution in [0.1, 0.15) is 80.6 Å². The Kier molecular flexibility index (Phi) is 14.1. The minimum Gasteiger partial charge on any atom is -0.393 e. The number of hydrogen-bond acceptors (Lipinski definition) is 1. The quantitative estimate of drug-likeness (QED) is 0.717. The molecule has 106 valence electrons. The summed E-state index contributed by atoms with van der Waals surface area (Å²) in [6, 6.07) is 0. The second-order valence-corrected chi connectivity index (χ2v) is 5.72. The van der Waals surface area contributed by atoms with Crippen LogP contribution in [0.5, 0.6) is 0 Å². The monoisotopic (exact) mass is 244 g/mol. The zero-order chi connectivity index (χ0) is 13.8. The van der Waals surface area contributed by atoms with E-state index in [2.05, 4.69) is 27.7 Å². The molecule has 0 spiro atoms. The van der Waals surface area contributed by atoms with Gasteiger partial charge < -0.3 is 5.11 Å². The van der Waals surface area contributed by atoms with E-state index in [1.54, 1.807) is 0 Å². The lowest BCUT2D eigenvalue weighted by molar-refractivity contribution is 0.145. The Hall–Kier alpha value is -0.0400. The first-order chi connectivity index (χ1) is 7.95. The molecule has 1 fully saturated rings. The Balaban J connectivity index is 0. The van der Waals surface area contributed by atoms with E-state index in [0.717, 1.165) is 24.7 Å². The van der Waals surface area contributed by atoms with Crippen LogP contribution >= 0.6 is 0 Å². The second kappa shape index (κ2) is 12.4. The molecule has 1 rings (SSSR count). The van der Waals surface area contributed by atoms with Gasteiger partial charge in [0.1, 0.15) is 0 Å². The molecule has 1 N–H and O–H groups in total. The SMILES string of the molecule is CC.CC1CCC(C)C1.CCC(O)CC(C)C. The smallest absolute Gasteiger partial charge is 0.0540 e. The molecule has 0 aromatic rings. The largest absolute Gasteiger partial charge is 0.393 e. The van der Waals surface area contributed by atoms with Gasteiger partial charge in [-0.1, -0.05) is 61.3 Å². The van der Waals surface area contributed by atoms with E-state index in [9.17, 15) is 0 Å². The summed E-state index contributed by atoms with van der Waals surface area (Å²) in [6.45, 7) is 15.0. The molecular formula is C16H36O. The molecular weight excluding hydrogens is 208 g/mol. The molecule has 17 heavy (non-hydrogen) atoms. The fourth-order valence-corrected chi connectivity index (χ4v) is 2.20. The van der Waals surface area contributed by atoms with Gasteiger partial charge >= 0.3 is 0 Å². The molecule has 0 amide bonds. The lowest BCUT2D eigenvalue weighted by Crippen LogP contribution is -2.07. The van der Waals surface area contributed by atoms with Gasteiger partial charge in [-0.25, -0.2) is 0 Å². The molecule has 1 nitrogen and oxygen atoms in total. The van der Waals surface area contributed by atoms with Crippen molar-refractivity contribution in [1.29, 1.82) is 0 Å². The zero-order valence-corrected chi connectivity index (χ0v) is 13.3. The summed E-state index contributed by atoms with van der Waals surface area (Å²) >= 11 is 0. The zero-order valence-electron chi connectivity index (χ0n) is 13.3. The highest BCUT2D eigenvalue weighted by Crippen LogP contribution is 2.29. The molecule has 1 saturated carbocycles. The van der Waals surface area contributed by atoms with Crippen LogP contribution in [0.4, 0.5) is 0 Å². The molecule has 0 radical (unpaired) electrons. The molecule has 0 saturated heterocycles. The fourth-order valence-electron chi connectivity index (χ4n) is 2.20. The van der Waals surface area contributed by atoms with Gasteiger partial charge in [0.05, 0.1) is 6.10 Å². The molecule has 0 bridgehead atoms. The van der Waals surface area contributed by atoms with E-state index < -0.39 is 0 Å². The van der Waals surface area contributed by atoms with Crippen LogP contribution in [0.15, 0.2) is 0 Å². The maximum Gasteiger partial charge on any atom is 0.0540 e. The lowest BCUT2D eigenvalue weighted by atomic mass is 10.0. The molecule has 1 aliphatic rings. The van der Waals surface area contributed by atoms with Gasteiger partial charge in [-0.3, -0.25) is 0 Å². The highest BCUT2D eigenvalue weighted by atomic mass is 16.3. The summed E-state index contributed by atoms with van der Waals surface area (Å²) in [4.78, 5) is 0. The Morgan fingerprint density at radius 3 is 1.59 bits per heavy atom.